The van der Waals surface area contributed by atoms with E-state index in [1.165, 1.54) is 6.33 Å². The fourth-order valence-electron chi connectivity index (χ4n) is 0.773. The lowest BCUT2D eigenvalue weighted by molar-refractivity contribution is 0.395. The minimum Gasteiger partial charge on any atom is -0.135 e. The molecule has 1 rings (SSSR count). The quantitative estimate of drug-likeness (QED) is 0.598. The summed E-state index contributed by atoms with van der Waals surface area (Å²) in [6.45, 7) is 6.38. The van der Waals surface area contributed by atoms with Gasteiger partial charge in [-0.2, -0.15) is 0 Å². The molecule has 0 N–H and O–H groups in total. The zero-order valence-electron chi connectivity index (χ0n) is 7.07. The first-order valence-electron chi connectivity index (χ1n) is 3.57. The predicted octanol–water partition coefficient (Wildman–Crippen LogP) is 0.855. The van der Waals surface area contributed by atoms with Gasteiger partial charge >= 0.3 is 0 Å². The zero-order valence-corrected chi connectivity index (χ0v) is 7.07. The number of hydrogen-bond donors (Lipinski definition) is 0. The van der Waals surface area contributed by atoms with E-state index in [-0.39, 0.29) is 5.41 Å². The Morgan fingerprint density at radius 2 is 1.73 bits per heavy atom. The third kappa shape index (κ3) is 3.02. The summed E-state index contributed by atoms with van der Waals surface area (Å²) in [6, 6.07) is 0. The Kier molecular flexibility index (Phi) is 2.12. The number of aromatic nitrogens is 4. The number of rotatable bonds is 1. The fourth-order valence-corrected chi connectivity index (χ4v) is 0.773. The first-order chi connectivity index (χ1) is 5.08. The summed E-state index contributed by atoms with van der Waals surface area (Å²) in [7, 11) is 0. The molecular weight excluding hydrogens is 140 g/mol. The van der Waals surface area contributed by atoms with Gasteiger partial charge in [0.1, 0.15) is 0 Å². The van der Waals surface area contributed by atoms with Crippen molar-refractivity contribution in [1.82, 2.24) is 20.4 Å². The van der Waals surface area contributed by atoms with Crippen molar-refractivity contribution in [3.05, 3.63) is 12.2 Å². The van der Waals surface area contributed by atoms with E-state index in [0.29, 0.717) is 5.82 Å². The Hall–Kier alpha value is -1.06. The van der Waals surface area contributed by atoms with Crippen LogP contribution in [0, 0.1) is 5.41 Å². The molecule has 1 aromatic rings. The van der Waals surface area contributed by atoms with E-state index in [1.807, 2.05) is 0 Å². The van der Waals surface area contributed by atoms with E-state index in [9.17, 15) is 0 Å². The van der Waals surface area contributed by atoms with Crippen LogP contribution in [0.4, 0.5) is 0 Å². The Balaban J connectivity index is 2.66. The molecule has 4 heteroatoms. The summed E-state index contributed by atoms with van der Waals surface area (Å²) in [5.41, 5.74) is 0.199. The molecular formula is C7H12N4. The summed E-state index contributed by atoms with van der Waals surface area (Å²) < 4.78 is 0. The van der Waals surface area contributed by atoms with E-state index >= 15 is 0 Å². The summed E-state index contributed by atoms with van der Waals surface area (Å²) in [5, 5.41) is 15.0. The maximum Gasteiger partial charge on any atom is 0.174 e. The molecule has 1 aromatic heterocycles. The van der Waals surface area contributed by atoms with Gasteiger partial charge in [0.2, 0.25) is 0 Å². The lowest BCUT2D eigenvalue weighted by atomic mass is 9.92. The van der Waals surface area contributed by atoms with Gasteiger partial charge in [-0.3, -0.25) is 0 Å². The molecule has 0 amide bonds. The standard InChI is InChI=1S/C7H12N4/c1-7(2,3)4-6-10-8-5-9-11-6/h5H,4H2,1-3H3. The highest BCUT2D eigenvalue weighted by atomic mass is 15.3. The van der Waals surface area contributed by atoms with Crippen molar-refractivity contribution in [1.29, 1.82) is 0 Å². The highest BCUT2D eigenvalue weighted by Crippen LogP contribution is 2.16. The van der Waals surface area contributed by atoms with Gasteiger partial charge in [-0.15, -0.1) is 20.4 Å². The second-order valence-corrected chi connectivity index (χ2v) is 3.70. The second kappa shape index (κ2) is 2.90. The summed E-state index contributed by atoms with van der Waals surface area (Å²) >= 11 is 0. The normalized spacial score (nSPS) is 11.5. The van der Waals surface area contributed by atoms with E-state index < -0.39 is 0 Å². The van der Waals surface area contributed by atoms with Gasteiger partial charge in [-0.25, -0.2) is 0 Å². The molecule has 0 saturated carbocycles. The molecule has 0 bridgehead atoms. The van der Waals surface area contributed by atoms with Crippen molar-refractivity contribution in [2.24, 2.45) is 5.41 Å². The molecule has 1 heterocycles. The van der Waals surface area contributed by atoms with Crippen LogP contribution in [0.5, 0.6) is 0 Å². The van der Waals surface area contributed by atoms with Gasteiger partial charge in [-0.05, 0) is 5.41 Å². The average molecular weight is 152 g/mol. The fraction of sp³-hybridized carbons (Fsp3) is 0.714. The van der Waals surface area contributed by atoms with Gasteiger partial charge in [0.05, 0.1) is 0 Å². The zero-order chi connectivity index (χ0) is 8.32. The van der Waals surface area contributed by atoms with Gasteiger partial charge in [0.25, 0.3) is 0 Å². The largest absolute Gasteiger partial charge is 0.174 e. The molecule has 4 nitrogen and oxygen atoms in total. The molecule has 0 atom stereocenters. The smallest absolute Gasteiger partial charge is 0.135 e. The van der Waals surface area contributed by atoms with Crippen molar-refractivity contribution in [2.75, 3.05) is 0 Å². The maximum atomic E-state index is 3.84. The van der Waals surface area contributed by atoms with E-state index in [0.717, 1.165) is 6.42 Å². The van der Waals surface area contributed by atoms with Crippen LogP contribution in [-0.2, 0) is 6.42 Å². The molecule has 60 valence electrons. The van der Waals surface area contributed by atoms with E-state index in [1.54, 1.807) is 0 Å². The monoisotopic (exact) mass is 152 g/mol. The van der Waals surface area contributed by atoms with Crippen molar-refractivity contribution in [3.63, 3.8) is 0 Å². The summed E-state index contributed by atoms with van der Waals surface area (Å²) in [5.74, 6) is 0.708. The molecule has 0 aliphatic heterocycles. The third-order valence-corrected chi connectivity index (χ3v) is 1.14. The van der Waals surface area contributed by atoms with Gasteiger partial charge < -0.3 is 0 Å². The van der Waals surface area contributed by atoms with Crippen molar-refractivity contribution >= 4 is 0 Å². The van der Waals surface area contributed by atoms with Crippen molar-refractivity contribution < 1.29 is 0 Å². The molecule has 0 aliphatic carbocycles. The Bertz CT molecular complexity index is 214. The van der Waals surface area contributed by atoms with Crippen LogP contribution in [0.1, 0.15) is 26.6 Å². The van der Waals surface area contributed by atoms with E-state index in [4.69, 9.17) is 0 Å². The molecule has 0 unspecified atom stereocenters. The minimum absolute atomic E-state index is 0.199. The van der Waals surface area contributed by atoms with Crippen LogP contribution in [-0.4, -0.2) is 20.4 Å². The Morgan fingerprint density at radius 1 is 1.18 bits per heavy atom. The molecule has 0 aliphatic rings. The second-order valence-electron chi connectivity index (χ2n) is 3.70. The topological polar surface area (TPSA) is 51.6 Å². The Labute approximate surface area is 66.1 Å². The predicted molar refractivity (Wildman–Crippen MR) is 40.8 cm³/mol. The first kappa shape index (κ1) is 8.04. The molecule has 0 fully saturated rings. The highest BCUT2D eigenvalue weighted by Gasteiger charge is 2.13. The van der Waals surface area contributed by atoms with Crippen LogP contribution < -0.4 is 0 Å². The summed E-state index contributed by atoms with van der Waals surface area (Å²) in [6.07, 6.45) is 2.15. The maximum absolute atomic E-state index is 3.84. The van der Waals surface area contributed by atoms with Crippen LogP contribution in [0.15, 0.2) is 6.33 Å². The number of nitrogens with zero attached hydrogens (tertiary/aromatic N) is 4. The molecule has 0 aromatic carbocycles. The summed E-state index contributed by atoms with van der Waals surface area (Å²) in [4.78, 5) is 0. The van der Waals surface area contributed by atoms with Crippen molar-refractivity contribution in [2.45, 2.75) is 27.2 Å². The van der Waals surface area contributed by atoms with Crippen LogP contribution in [0.3, 0.4) is 0 Å². The van der Waals surface area contributed by atoms with Crippen LogP contribution in [0.25, 0.3) is 0 Å². The SMILES string of the molecule is CC(C)(C)Cc1nncnn1. The number of hydrogen-bond acceptors (Lipinski definition) is 4. The lowest BCUT2D eigenvalue weighted by Gasteiger charge is -2.14. The van der Waals surface area contributed by atoms with E-state index in [2.05, 4.69) is 41.2 Å². The Morgan fingerprint density at radius 3 is 2.18 bits per heavy atom. The highest BCUT2D eigenvalue weighted by molar-refractivity contribution is 4.82. The average Bonchev–Trinajstić information content (AvgIpc) is 1.85. The van der Waals surface area contributed by atoms with Gasteiger partial charge in [0.15, 0.2) is 12.2 Å². The minimum atomic E-state index is 0.199. The third-order valence-electron chi connectivity index (χ3n) is 1.14. The van der Waals surface area contributed by atoms with Crippen LogP contribution in [0.2, 0.25) is 0 Å². The molecule has 0 radical (unpaired) electrons. The molecule has 0 saturated heterocycles. The lowest BCUT2D eigenvalue weighted by Crippen LogP contribution is -2.12. The van der Waals surface area contributed by atoms with Gasteiger partial charge in [0, 0.05) is 6.42 Å². The van der Waals surface area contributed by atoms with Gasteiger partial charge in [-0.1, -0.05) is 20.8 Å². The first-order valence-corrected chi connectivity index (χ1v) is 3.57. The van der Waals surface area contributed by atoms with Crippen molar-refractivity contribution in [3.8, 4) is 0 Å². The molecule has 0 spiro atoms. The molecule has 11 heavy (non-hydrogen) atoms. The van der Waals surface area contributed by atoms with Crippen LogP contribution >= 0.6 is 0 Å².